The summed E-state index contributed by atoms with van der Waals surface area (Å²) in [6.07, 6.45) is 46.5. The Balaban J connectivity index is -0.00000315. The fourth-order valence-electron chi connectivity index (χ4n) is 12.8. The molecule has 38 heteroatoms. The second kappa shape index (κ2) is 96.1. The van der Waals surface area contributed by atoms with E-state index in [1.807, 2.05) is 6.92 Å². The molecule has 0 saturated carbocycles. The molecule has 29 nitrogen and oxygen atoms in total. The van der Waals surface area contributed by atoms with Crippen LogP contribution in [0.25, 0.3) is 0 Å². The molecule has 0 rings (SSSR count). The number of unbranched alkanes of at least 4 members (excludes halogenated alkanes) is 29. The summed E-state index contributed by atoms with van der Waals surface area (Å²) in [5.41, 5.74) is 41.8. The third-order valence-corrected chi connectivity index (χ3v) is 22.7. The smallest absolute Gasteiger partial charge is 0.245 e. The van der Waals surface area contributed by atoms with Crippen LogP contribution < -0.4 is 93.3 Å². The van der Waals surface area contributed by atoms with E-state index in [0.29, 0.717) is 116 Å². The van der Waals surface area contributed by atoms with Crippen molar-refractivity contribution in [3.63, 3.8) is 0 Å². The molecule has 26 N–H and O–H groups in total. The summed E-state index contributed by atoms with van der Waals surface area (Å²) >= 11 is 2.45. The second-order valence-electron chi connectivity index (χ2n) is 31.0. The van der Waals surface area contributed by atoms with Crippen LogP contribution in [0.15, 0.2) is 24.3 Å². The molecule has 0 aliphatic heterocycles. The van der Waals surface area contributed by atoms with E-state index in [1.165, 1.54) is 101 Å². The Bertz CT molecular complexity index is 2650. The topological polar surface area (TPSA) is 514 Å². The number of allylic oxidation sites excluding steroid dienone is 4. The van der Waals surface area contributed by atoms with Crippen LogP contribution in [0.3, 0.4) is 0 Å². The minimum Gasteiger partial charge on any atom is -0.394 e. The summed E-state index contributed by atoms with van der Waals surface area (Å²) < 4.78 is 0. The number of rotatable bonds is 81. The first-order chi connectivity index (χ1) is 56.1. The van der Waals surface area contributed by atoms with E-state index in [4.69, 9.17) is 40.1 Å². The Morgan fingerprint density at radius 3 is 0.935 bits per heavy atom. The SMILES string of the molecule is CCCCCCCC/C=C/CCCCCCCCNC(=O)CC(O)NC(=O)C(CSCCSCC(NC(=O)C(CCCCNC(=O)C(N)CCCN)NC(=O)C(N)CCCCN)C(=O)NC(CO)C(=O)NCCCCCCCC/C=C/CCCCCCCC)NC(=O)C(CCCCNC(=O)C(N)CCCC)NC(=O)C(N)CCCCN.Cl.Cl.Cl.Cl.Cl.Cl.Cl. The number of aliphatic hydroxyl groups is 2. The summed E-state index contributed by atoms with van der Waals surface area (Å²) in [4.78, 5) is 137. The normalized spacial score (nSPS) is 13.3. The summed E-state index contributed by atoms with van der Waals surface area (Å²) in [6.45, 7) is 8.04. The molecule has 0 spiro atoms. The van der Waals surface area contributed by atoms with Crippen molar-refractivity contribution in [1.82, 2.24) is 53.2 Å². The van der Waals surface area contributed by atoms with Gasteiger partial charge in [-0.2, -0.15) is 23.5 Å². The zero-order valence-corrected chi connectivity index (χ0v) is 82.1. The van der Waals surface area contributed by atoms with E-state index >= 15 is 0 Å². The monoisotopic (exact) mass is 1930 g/mol. The average Bonchev–Trinajstić information content (AvgIpc) is 0.872. The van der Waals surface area contributed by atoms with Gasteiger partial charge in [-0.15, -0.1) is 86.8 Å². The van der Waals surface area contributed by atoms with Crippen LogP contribution in [0.5, 0.6) is 0 Å². The molecule has 0 aliphatic carbocycles. The van der Waals surface area contributed by atoms with Gasteiger partial charge in [0.2, 0.25) is 59.1 Å². The molecule has 0 bridgehead atoms. The Morgan fingerprint density at radius 1 is 0.293 bits per heavy atom. The lowest BCUT2D eigenvalue weighted by Crippen LogP contribution is -2.59. The maximum atomic E-state index is 14.6. The van der Waals surface area contributed by atoms with Crippen molar-refractivity contribution in [2.45, 2.75) is 377 Å². The minimum absolute atomic E-state index is 0. The van der Waals surface area contributed by atoms with E-state index in [9.17, 15) is 58.2 Å². The number of hydrogen-bond acceptors (Lipinski definition) is 21. The highest BCUT2D eigenvalue weighted by molar-refractivity contribution is 8.03. The first kappa shape index (κ1) is 135. The molecule has 0 aromatic rings. The Hall–Kier alpha value is -3.45. The van der Waals surface area contributed by atoms with Gasteiger partial charge in [0, 0.05) is 49.2 Å². The second-order valence-corrected chi connectivity index (χ2v) is 33.3. The quantitative estimate of drug-likeness (QED) is 0.0153. The maximum Gasteiger partial charge on any atom is 0.245 e. The van der Waals surface area contributed by atoms with Crippen LogP contribution in [0.2, 0.25) is 0 Å². The lowest BCUT2D eigenvalue weighted by atomic mass is 10.1. The fourth-order valence-corrected chi connectivity index (χ4v) is 15.0. The number of carbonyl (C=O) groups excluding carboxylic acids is 10. The molecule has 10 unspecified atom stereocenters. The highest BCUT2D eigenvalue weighted by Crippen LogP contribution is 2.17. The van der Waals surface area contributed by atoms with E-state index in [-0.39, 0.29) is 154 Å². The lowest BCUT2D eigenvalue weighted by molar-refractivity contribution is -0.134. The fraction of sp³-hybridized carbons (Fsp3) is 0.835. The number of hydrogen-bond donors (Lipinski definition) is 19. The van der Waals surface area contributed by atoms with Gasteiger partial charge in [-0.1, -0.05) is 186 Å². The predicted molar refractivity (Wildman–Crippen MR) is 525 cm³/mol. The number of nitrogens with two attached hydrogens (primary N) is 7. The molecule has 0 aromatic carbocycles. The van der Waals surface area contributed by atoms with Crippen LogP contribution in [-0.4, -0.2) is 205 Å². The van der Waals surface area contributed by atoms with Crippen molar-refractivity contribution < 1.29 is 58.2 Å². The number of carbonyl (C=O) groups is 10. The zero-order valence-electron chi connectivity index (χ0n) is 74.8. The van der Waals surface area contributed by atoms with Crippen LogP contribution >= 0.6 is 110 Å². The van der Waals surface area contributed by atoms with Gasteiger partial charge >= 0.3 is 0 Å². The molecule has 0 radical (unpaired) electrons. The average molecular weight is 1940 g/mol. The summed E-state index contributed by atoms with van der Waals surface area (Å²) in [7, 11) is 0. The Morgan fingerprint density at radius 2 is 0.569 bits per heavy atom. The largest absolute Gasteiger partial charge is 0.394 e. The van der Waals surface area contributed by atoms with E-state index < -0.39 is 121 Å². The van der Waals surface area contributed by atoms with E-state index in [2.05, 4.69) is 91.3 Å². The molecule has 10 amide bonds. The first-order valence-corrected chi connectivity index (χ1v) is 47.2. The van der Waals surface area contributed by atoms with Crippen LogP contribution in [0, 0.1) is 0 Å². The summed E-state index contributed by atoms with van der Waals surface area (Å²) in [6, 6.07) is -9.92. The molecular formula is C85H172Cl7N17O12S2. The van der Waals surface area contributed by atoms with Crippen molar-refractivity contribution in [3.8, 4) is 0 Å². The number of amides is 10. The van der Waals surface area contributed by atoms with Crippen molar-refractivity contribution in [2.75, 3.05) is 75.4 Å². The Kier molecular flexibility index (Phi) is 106. The summed E-state index contributed by atoms with van der Waals surface area (Å²) in [5.74, 6) is -5.72. The van der Waals surface area contributed by atoms with Gasteiger partial charge < -0.3 is 104 Å². The van der Waals surface area contributed by atoms with Gasteiger partial charge in [0.1, 0.15) is 36.4 Å². The van der Waals surface area contributed by atoms with E-state index in [1.54, 1.807) is 0 Å². The first-order valence-electron chi connectivity index (χ1n) is 44.9. The third kappa shape index (κ3) is 78.1. The molecule has 10 atom stereocenters. The Labute approximate surface area is 791 Å². The van der Waals surface area contributed by atoms with Gasteiger partial charge in [-0.05, 0) is 167 Å². The number of halogens is 7. The van der Waals surface area contributed by atoms with Crippen molar-refractivity contribution in [1.29, 1.82) is 0 Å². The van der Waals surface area contributed by atoms with Crippen molar-refractivity contribution >= 4 is 169 Å². The highest BCUT2D eigenvalue weighted by atomic mass is 35.5. The summed E-state index contributed by atoms with van der Waals surface area (Å²) in [5, 5.41) is 49.2. The van der Waals surface area contributed by atoms with Crippen molar-refractivity contribution in [3.05, 3.63) is 24.3 Å². The molecule has 730 valence electrons. The molecule has 0 heterocycles. The highest BCUT2D eigenvalue weighted by Gasteiger charge is 2.33. The van der Waals surface area contributed by atoms with Gasteiger partial charge in [0.05, 0.1) is 37.2 Å². The molecule has 0 aromatic heterocycles. The number of nitrogens with one attached hydrogen (secondary N) is 10. The standard InChI is InChI=1S/C85H165N17O12S2.7ClH/c1-4-7-10-12-14-16-18-20-22-24-26-28-30-32-34-42-56-93-75(104)62-76(105)102-85(114)74(101-83(112)71(98-80(109)69(92)49-37-41-54-87)52-38-44-58-94-77(106)66(89)47-9-6-3)65-116-61-60-115-64-73(84(113)99-72(63-103)81(110)96-57-43-35-33-31-29-27-25-23-21-19-17-15-13-11-8-5-2)100-82(111)70(97-79(108)68(91)48-36-40-53-86)51-39-45-59-95-78(107)67(90)50-46-55-88;;;;;;;/h20-23,66-74,76,103,105H,4-19,24-65,86-92H2,1-3H3,(H,93,104)(H,94,106)(H,95,107)(H,96,110)(H,97,108)(H,98,109)(H,99,113)(H,100,111)(H,101,112)(H,102,114);7*1H/b22-20+,23-21+;;;;;;;. The van der Waals surface area contributed by atoms with Gasteiger partial charge in [0.25, 0.3) is 0 Å². The van der Waals surface area contributed by atoms with Gasteiger partial charge in [-0.25, -0.2) is 0 Å². The minimum atomic E-state index is -1.65. The van der Waals surface area contributed by atoms with Crippen LogP contribution in [0.4, 0.5) is 0 Å². The molecule has 0 fully saturated rings. The molecule has 0 aliphatic rings. The third-order valence-electron chi connectivity index (χ3n) is 20.3. The maximum absolute atomic E-state index is 14.6. The molecular weight excluding hydrogens is 1760 g/mol. The van der Waals surface area contributed by atoms with Crippen LogP contribution in [0.1, 0.15) is 316 Å². The number of aliphatic hydroxyl groups excluding tert-OH is 2. The van der Waals surface area contributed by atoms with Crippen molar-refractivity contribution in [2.24, 2.45) is 40.1 Å². The predicted octanol–water partition coefficient (Wildman–Crippen LogP) is 10.0. The van der Waals surface area contributed by atoms with Crippen LogP contribution in [-0.2, 0) is 47.9 Å². The molecule has 123 heavy (non-hydrogen) atoms. The lowest BCUT2D eigenvalue weighted by Gasteiger charge is -2.26. The van der Waals surface area contributed by atoms with E-state index in [0.717, 1.165) is 109 Å². The zero-order chi connectivity index (χ0) is 85.9. The molecule has 0 saturated heterocycles. The van der Waals surface area contributed by atoms with Gasteiger partial charge in [0.15, 0.2) is 0 Å². The number of thioether (sulfide) groups is 2. The van der Waals surface area contributed by atoms with Gasteiger partial charge in [-0.3, -0.25) is 47.9 Å².